The molecule has 2 heterocycles. The zero-order chi connectivity index (χ0) is 44.5. The number of pyridine rings is 1. The molecule has 8 heteroatoms. The Kier molecular flexibility index (Phi) is 9.59. The van der Waals surface area contributed by atoms with E-state index in [1.807, 2.05) is 60.7 Å². The summed E-state index contributed by atoms with van der Waals surface area (Å²) >= 11 is 0. The topological polar surface area (TPSA) is 8.81 Å². The van der Waals surface area contributed by atoms with Crippen molar-refractivity contribution in [3.05, 3.63) is 154 Å². The van der Waals surface area contributed by atoms with Gasteiger partial charge in [0, 0.05) is 21.9 Å². The SMILES string of the molecule is CC(C)(C)c1ccc2c(c1)-c1cc(C(C)(C)C)ccc1C2[n+]1cc(-c2c(F)ccc(F)c2F)cc(-n2c3ccc(C(C)(C)C)cc3c3cc(C(C)(C)C)ccc32)c1C(F)(F)F. The lowest BCUT2D eigenvalue weighted by molar-refractivity contribution is -0.721. The Bertz CT molecular complexity index is 2790. The number of hydrogen-bond acceptors (Lipinski definition) is 0. The molecule has 8 rings (SSSR count). The first-order valence-electron chi connectivity index (χ1n) is 20.9. The zero-order valence-corrected chi connectivity index (χ0v) is 37.0. The molecule has 0 spiro atoms. The van der Waals surface area contributed by atoms with Crippen LogP contribution in [0.3, 0.4) is 0 Å². The van der Waals surface area contributed by atoms with E-state index >= 15 is 26.3 Å². The molecular formula is C53H53F6N2+. The molecule has 7 aromatic rings. The largest absolute Gasteiger partial charge is 0.479 e. The molecule has 61 heavy (non-hydrogen) atoms. The van der Waals surface area contributed by atoms with Crippen LogP contribution in [0, 0.1) is 17.5 Å². The normalized spacial score (nSPS) is 14.0. The first-order valence-corrected chi connectivity index (χ1v) is 20.9. The van der Waals surface area contributed by atoms with E-state index in [1.54, 1.807) is 4.57 Å². The smallest absolute Gasteiger partial charge is 0.303 e. The highest BCUT2D eigenvalue weighted by Crippen LogP contribution is 2.49. The van der Waals surface area contributed by atoms with Crippen molar-refractivity contribution >= 4 is 21.8 Å². The van der Waals surface area contributed by atoms with Crippen molar-refractivity contribution in [2.75, 3.05) is 0 Å². The van der Waals surface area contributed by atoms with Crippen LogP contribution < -0.4 is 4.57 Å². The fraction of sp³-hybridized carbons (Fsp3) is 0.340. The van der Waals surface area contributed by atoms with Gasteiger partial charge in [-0.15, -0.1) is 0 Å². The third-order valence-corrected chi connectivity index (χ3v) is 12.4. The Labute approximate surface area is 354 Å². The minimum absolute atomic E-state index is 0.238. The Morgan fingerprint density at radius 2 is 0.902 bits per heavy atom. The maximum Gasteiger partial charge on any atom is 0.479 e. The number of halogens is 6. The van der Waals surface area contributed by atoms with Gasteiger partial charge in [0.05, 0.1) is 22.2 Å². The van der Waals surface area contributed by atoms with E-state index in [4.69, 9.17) is 0 Å². The minimum atomic E-state index is -4.99. The summed E-state index contributed by atoms with van der Waals surface area (Å²) in [7, 11) is 0. The number of benzene rings is 5. The van der Waals surface area contributed by atoms with Crippen LogP contribution in [0.4, 0.5) is 26.3 Å². The van der Waals surface area contributed by atoms with Crippen molar-refractivity contribution in [2.24, 2.45) is 0 Å². The molecule has 316 valence electrons. The Hall–Kier alpha value is -5.37. The predicted molar refractivity (Wildman–Crippen MR) is 235 cm³/mol. The van der Waals surface area contributed by atoms with Gasteiger partial charge in [0.1, 0.15) is 11.5 Å². The van der Waals surface area contributed by atoms with Crippen LogP contribution in [0.15, 0.2) is 97.2 Å². The lowest BCUT2D eigenvalue weighted by Gasteiger charge is -2.22. The summed E-state index contributed by atoms with van der Waals surface area (Å²) < 4.78 is 99.3. The molecule has 0 radical (unpaired) electrons. The van der Waals surface area contributed by atoms with E-state index in [-0.39, 0.29) is 32.9 Å². The second-order valence-corrected chi connectivity index (χ2v) is 20.9. The summed E-state index contributed by atoms with van der Waals surface area (Å²) in [6.07, 6.45) is -3.85. The molecule has 0 fully saturated rings. The van der Waals surface area contributed by atoms with Crippen LogP contribution >= 0.6 is 0 Å². The number of hydrogen-bond donors (Lipinski definition) is 0. The third-order valence-electron chi connectivity index (χ3n) is 12.4. The van der Waals surface area contributed by atoms with E-state index in [1.165, 1.54) is 0 Å². The monoisotopic (exact) mass is 831 g/mol. The van der Waals surface area contributed by atoms with Crippen LogP contribution in [0.2, 0.25) is 0 Å². The molecule has 2 nitrogen and oxygen atoms in total. The van der Waals surface area contributed by atoms with Gasteiger partial charge in [-0.1, -0.05) is 132 Å². The zero-order valence-electron chi connectivity index (χ0n) is 37.0. The van der Waals surface area contributed by atoms with Gasteiger partial charge in [0.25, 0.3) is 0 Å². The summed E-state index contributed by atoms with van der Waals surface area (Å²) in [4.78, 5) is 0. The summed E-state index contributed by atoms with van der Waals surface area (Å²) in [5.74, 6) is -3.90. The molecule has 0 N–H and O–H groups in total. The molecule has 0 aliphatic heterocycles. The van der Waals surface area contributed by atoms with Gasteiger partial charge in [-0.2, -0.15) is 17.7 Å². The average Bonchev–Trinajstić information content (AvgIpc) is 3.65. The highest BCUT2D eigenvalue weighted by Gasteiger charge is 2.50. The van der Waals surface area contributed by atoms with Crippen LogP contribution in [0.1, 0.15) is 128 Å². The fourth-order valence-electron chi connectivity index (χ4n) is 8.87. The average molecular weight is 832 g/mol. The Morgan fingerprint density at radius 3 is 1.33 bits per heavy atom. The van der Waals surface area contributed by atoms with Crippen molar-refractivity contribution in [1.82, 2.24) is 4.57 Å². The van der Waals surface area contributed by atoms with Crippen LogP contribution in [-0.4, -0.2) is 4.57 Å². The molecule has 0 bridgehead atoms. The van der Waals surface area contributed by atoms with Crippen molar-refractivity contribution in [3.8, 4) is 27.9 Å². The van der Waals surface area contributed by atoms with E-state index in [0.717, 1.165) is 67.0 Å². The molecule has 0 saturated carbocycles. The van der Waals surface area contributed by atoms with Crippen LogP contribution in [-0.2, 0) is 27.8 Å². The lowest BCUT2D eigenvalue weighted by Crippen LogP contribution is -2.47. The fourth-order valence-corrected chi connectivity index (χ4v) is 8.87. The molecule has 0 atom stereocenters. The quantitative estimate of drug-likeness (QED) is 0.0953. The Balaban J connectivity index is 1.57. The van der Waals surface area contributed by atoms with Gasteiger partial charge in [0.15, 0.2) is 17.8 Å². The van der Waals surface area contributed by atoms with Crippen molar-refractivity contribution < 1.29 is 30.9 Å². The molecule has 1 aliphatic rings. The van der Waals surface area contributed by atoms with E-state index in [2.05, 4.69) is 95.2 Å². The third kappa shape index (κ3) is 7.14. The first-order chi connectivity index (χ1) is 28.2. The minimum Gasteiger partial charge on any atom is -0.303 e. The van der Waals surface area contributed by atoms with Crippen molar-refractivity contribution in [1.29, 1.82) is 0 Å². The van der Waals surface area contributed by atoms with E-state index in [0.29, 0.717) is 28.2 Å². The summed E-state index contributed by atoms with van der Waals surface area (Å²) in [5, 5.41) is 1.48. The molecule has 5 aromatic carbocycles. The number of aromatic nitrogens is 2. The number of rotatable bonds is 3. The van der Waals surface area contributed by atoms with Gasteiger partial charge in [-0.3, -0.25) is 0 Å². The number of alkyl halides is 3. The van der Waals surface area contributed by atoms with Gasteiger partial charge in [0.2, 0.25) is 6.04 Å². The summed E-state index contributed by atoms with van der Waals surface area (Å²) in [6, 6.07) is 24.9. The standard InChI is InChI=1S/C53H53F6N2/c1-49(2,3)30-13-17-34-36(24-30)37-25-31(50(4,5)6)14-18-35(37)47(34)60-28-29(45-40(54)19-20-41(55)46(45)56)23-44(48(60)53(57,58)59)61-42-21-15-32(51(7,8)9)26-38(42)39-27-33(52(10,11)12)16-22-43(39)61/h13-28,47H,1-12H3/q+1. The molecule has 0 amide bonds. The molecule has 0 unspecified atom stereocenters. The Morgan fingerprint density at radius 1 is 0.492 bits per heavy atom. The first kappa shape index (κ1) is 42.3. The lowest BCUT2D eigenvalue weighted by atomic mass is 9.83. The highest BCUT2D eigenvalue weighted by molar-refractivity contribution is 6.10. The molecule has 0 saturated heterocycles. The van der Waals surface area contributed by atoms with Crippen molar-refractivity contribution in [3.63, 3.8) is 0 Å². The number of nitrogens with zero attached hydrogens (tertiary/aromatic N) is 2. The maximum atomic E-state index is 16.5. The van der Waals surface area contributed by atoms with Gasteiger partial charge < -0.3 is 4.57 Å². The van der Waals surface area contributed by atoms with Gasteiger partial charge in [-0.05, 0) is 97.5 Å². The van der Waals surface area contributed by atoms with Crippen molar-refractivity contribution in [2.45, 2.75) is 117 Å². The number of fused-ring (bicyclic) bond motifs is 6. The molecule has 1 aliphatic carbocycles. The second kappa shape index (κ2) is 13.8. The van der Waals surface area contributed by atoms with E-state index < -0.39 is 40.9 Å². The highest BCUT2D eigenvalue weighted by atomic mass is 19.4. The van der Waals surface area contributed by atoms with E-state index in [9.17, 15) is 0 Å². The molecular weight excluding hydrogens is 779 g/mol. The van der Waals surface area contributed by atoms with Gasteiger partial charge >= 0.3 is 11.9 Å². The summed E-state index contributed by atoms with van der Waals surface area (Å²) in [6.45, 7) is 25.0. The second-order valence-electron chi connectivity index (χ2n) is 20.9. The maximum absolute atomic E-state index is 16.5. The summed E-state index contributed by atoms with van der Waals surface area (Å²) in [5.41, 5.74) is 4.33. The van der Waals surface area contributed by atoms with Crippen LogP contribution in [0.25, 0.3) is 49.7 Å². The van der Waals surface area contributed by atoms with Gasteiger partial charge in [-0.25, -0.2) is 13.2 Å². The molecule has 2 aromatic heterocycles. The predicted octanol–water partition coefficient (Wildman–Crippen LogP) is 15.0. The van der Waals surface area contributed by atoms with Crippen LogP contribution in [0.5, 0.6) is 0 Å².